The number of hydrogen-bond donors (Lipinski definition) is 3. The molecule has 102 valence electrons. The van der Waals surface area contributed by atoms with E-state index in [2.05, 4.69) is 6.92 Å². The van der Waals surface area contributed by atoms with Crippen molar-refractivity contribution < 1.29 is 24.0 Å². The summed E-state index contributed by atoms with van der Waals surface area (Å²) in [7, 11) is -4.64. The highest BCUT2D eigenvalue weighted by atomic mass is 31.2. The van der Waals surface area contributed by atoms with Crippen molar-refractivity contribution in [2.45, 2.75) is 6.92 Å². The van der Waals surface area contributed by atoms with Crippen molar-refractivity contribution >= 4 is 7.82 Å². The summed E-state index contributed by atoms with van der Waals surface area (Å²) in [6, 6.07) is 17.8. The first-order chi connectivity index (χ1) is 8.84. The normalized spacial score (nSPS) is 10.3. The third-order valence-electron chi connectivity index (χ3n) is 2.00. The van der Waals surface area contributed by atoms with Crippen molar-refractivity contribution in [3.8, 4) is 11.5 Å². The third kappa shape index (κ3) is 8.13. The molecule has 0 bridgehead atoms. The van der Waals surface area contributed by atoms with Gasteiger partial charge in [0.15, 0.2) is 0 Å². The summed E-state index contributed by atoms with van der Waals surface area (Å²) in [5.41, 5.74) is 1.24. The number of phosphoric acid groups is 1. The summed E-state index contributed by atoms with van der Waals surface area (Å²) in [4.78, 5) is 21.6. The van der Waals surface area contributed by atoms with Gasteiger partial charge in [-0.25, -0.2) is 4.57 Å². The second-order valence-electron chi connectivity index (χ2n) is 3.74. The minimum absolute atomic E-state index is 0.872. The van der Waals surface area contributed by atoms with E-state index in [9.17, 15) is 0 Å². The fraction of sp³-hybridized carbons (Fsp3) is 0.0769. The molecule has 3 N–H and O–H groups in total. The Morgan fingerprint density at radius 2 is 1.26 bits per heavy atom. The molecule has 2 rings (SSSR count). The first-order valence-electron chi connectivity index (χ1n) is 5.42. The van der Waals surface area contributed by atoms with Crippen molar-refractivity contribution in [1.29, 1.82) is 0 Å². The summed E-state index contributed by atoms with van der Waals surface area (Å²) < 4.78 is 14.5. The lowest BCUT2D eigenvalue weighted by Gasteiger charge is -2.04. The van der Waals surface area contributed by atoms with Gasteiger partial charge >= 0.3 is 7.82 Å². The lowest BCUT2D eigenvalue weighted by Crippen LogP contribution is -1.82. The first-order valence-corrected chi connectivity index (χ1v) is 6.99. The molecule has 0 unspecified atom stereocenters. The monoisotopic (exact) mass is 282 g/mol. The van der Waals surface area contributed by atoms with Crippen LogP contribution in [0.15, 0.2) is 54.6 Å². The number of benzene rings is 2. The van der Waals surface area contributed by atoms with Gasteiger partial charge in [-0.05, 0) is 31.2 Å². The lowest BCUT2D eigenvalue weighted by atomic mass is 10.2. The Hall–Kier alpha value is -1.65. The Labute approximate surface area is 111 Å². The zero-order valence-electron chi connectivity index (χ0n) is 10.3. The Morgan fingerprint density at radius 3 is 1.74 bits per heavy atom. The molecule has 0 atom stereocenters. The van der Waals surface area contributed by atoms with Gasteiger partial charge in [-0.1, -0.05) is 35.9 Å². The van der Waals surface area contributed by atoms with Crippen molar-refractivity contribution in [2.75, 3.05) is 0 Å². The predicted molar refractivity (Wildman–Crippen MR) is 72.0 cm³/mol. The zero-order chi connectivity index (χ0) is 14.3. The number of para-hydroxylation sites is 1. The molecule has 0 spiro atoms. The van der Waals surface area contributed by atoms with E-state index in [1.807, 2.05) is 54.6 Å². The van der Waals surface area contributed by atoms with Crippen LogP contribution in [0.4, 0.5) is 0 Å². The first kappa shape index (κ1) is 15.4. The van der Waals surface area contributed by atoms with Crippen molar-refractivity contribution in [1.82, 2.24) is 0 Å². The van der Waals surface area contributed by atoms with Gasteiger partial charge in [0.1, 0.15) is 11.5 Å². The average Bonchev–Trinajstić information content (AvgIpc) is 2.31. The second kappa shape index (κ2) is 7.07. The van der Waals surface area contributed by atoms with E-state index < -0.39 is 7.82 Å². The molecule has 0 amide bonds. The van der Waals surface area contributed by atoms with Crippen molar-refractivity contribution in [3.05, 3.63) is 60.2 Å². The molecule has 0 aliphatic rings. The van der Waals surface area contributed by atoms with Gasteiger partial charge in [-0.3, -0.25) is 0 Å². The summed E-state index contributed by atoms with van der Waals surface area (Å²) in [6.07, 6.45) is 0. The quantitative estimate of drug-likeness (QED) is 0.737. The average molecular weight is 282 g/mol. The van der Waals surface area contributed by atoms with Crippen LogP contribution < -0.4 is 4.74 Å². The molecule has 19 heavy (non-hydrogen) atoms. The minimum atomic E-state index is -4.64. The van der Waals surface area contributed by atoms with E-state index in [-0.39, 0.29) is 0 Å². The molecular formula is C13H15O5P. The van der Waals surface area contributed by atoms with E-state index in [0.29, 0.717) is 0 Å². The van der Waals surface area contributed by atoms with Gasteiger partial charge in [0, 0.05) is 0 Å². The summed E-state index contributed by atoms with van der Waals surface area (Å²) in [5.74, 6) is 1.75. The molecule has 0 aliphatic carbocycles. The smallest absolute Gasteiger partial charge is 0.457 e. The maximum Gasteiger partial charge on any atom is 0.466 e. The van der Waals surface area contributed by atoms with Crippen LogP contribution in [0.5, 0.6) is 11.5 Å². The standard InChI is InChI=1S/C13H12O.H3O4P/c1-11-7-9-13(10-8-11)14-12-5-3-2-4-6-12;1-5(2,3)4/h2-10H,1H3;(H3,1,2,3,4). The summed E-state index contributed by atoms with van der Waals surface area (Å²) >= 11 is 0. The lowest BCUT2D eigenvalue weighted by molar-refractivity contribution is 0.275. The number of rotatable bonds is 2. The van der Waals surface area contributed by atoms with Crippen LogP contribution >= 0.6 is 7.82 Å². The van der Waals surface area contributed by atoms with Gasteiger partial charge in [-0.15, -0.1) is 0 Å². The third-order valence-corrected chi connectivity index (χ3v) is 2.00. The highest BCUT2D eigenvalue weighted by molar-refractivity contribution is 7.45. The van der Waals surface area contributed by atoms with Gasteiger partial charge in [0.25, 0.3) is 0 Å². The maximum absolute atomic E-state index is 8.88. The summed E-state index contributed by atoms with van der Waals surface area (Å²) in [5, 5.41) is 0. The maximum atomic E-state index is 8.88. The van der Waals surface area contributed by atoms with Gasteiger partial charge < -0.3 is 19.4 Å². The van der Waals surface area contributed by atoms with Crippen molar-refractivity contribution in [3.63, 3.8) is 0 Å². The largest absolute Gasteiger partial charge is 0.466 e. The van der Waals surface area contributed by atoms with Crippen LogP contribution in [0.3, 0.4) is 0 Å². The Balaban J connectivity index is 0.000000312. The molecular weight excluding hydrogens is 267 g/mol. The van der Waals surface area contributed by atoms with Crippen LogP contribution in [0.2, 0.25) is 0 Å². The number of hydrogen-bond acceptors (Lipinski definition) is 2. The van der Waals surface area contributed by atoms with E-state index in [1.165, 1.54) is 5.56 Å². The van der Waals surface area contributed by atoms with E-state index in [1.54, 1.807) is 0 Å². The minimum Gasteiger partial charge on any atom is -0.457 e. The highest BCUT2D eigenvalue weighted by Crippen LogP contribution is 2.25. The van der Waals surface area contributed by atoms with E-state index in [0.717, 1.165) is 11.5 Å². The molecule has 0 aromatic heterocycles. The second-order valence-corrected chi connectivity index (χ2v) is 4.77. The van der Waals surface area contributed by atoms with Crippen molar-refractivity contribution in [2.24, 2.45) is 0 Å². The number of aryl methyl sites for hydroxylation is 1. The van der Waals surface area contributed by atoms with Crippen LogP contribution in [-0.2, 0) is 4.57 Å². The summed E-state index contributed by atoms with van der Waals surface area (Å²) in [6.45, 7) is 2.06. The predicted octanol–water partition coefficient (Wildman–Crippen LogP) is 2.86. The molecule has 2 aromatic carbocycles. The van der Waals surface area contributed by atoms with Gasteiger partial charge in [0.05, 0.1) is 0 Å². The van der Waals surface area contributed by atoms with Crippen LogP contribution in [0.1, 0.15) is 5.56 Å². The van der Waals surface area contributed by atoms with Crippen LogP contribution in [-0.4, -0.2) is 14.7 Å². The number of ether oxygens (including phenoxy) is 1. The molecule has 2 aromatic rings. The molecule has 0 saturated heterocycles. The molecule has 0 fully saturated rings. The fourth-order valence-corrected chi connectivity index (χ4v) is 1.23. The highest BCUT2D eigenvalue weighted by Gasteiger charge is 2.00. The molecule has 0 heterocycles. The van der Waals surface area contributed by atoms with E-state index >= 15 is 0 Å². The van der Waals surface area contributed by atoms with Gasteiger partial charge in [0.2, 0.25) is 0 Å². The van der Waals surface area contributed by atoms with Crippen LogP contribution in [0.25, 0.3) is 0 Å². The molecule has 0 aliphatic heterocycles. The SMILES string of the molecule is Cc1ccc(Oc2ccccc2)cc1.O=P(O)(O)O. The Kier molecular flexibility index (Phi) is 5.73. The Bertz CT molecular complexity index is 524. The van der Waals surface area contributed by atoms with Gasteiger partial charge in [-0.2, -0.15) is 0 Å². The molecule has 0 radical (unpaired) electrons. The van der Waals surface area contributed by atoms with E-state index in [4.69, 9.17) is 24.0 Å². The zero-order valence-corrected chi connectivity index (χ0v) is 11.2. The molecule has 6 heteroatoms. The molecule has 5 nitrogen and oxygen atoms in total. The molecule has 0 saturated carbocycles. The fourth-order valence-electron chi connectivity index (χ4n) is 1.23. The Morgan fingerprint density at radius 1 is 0.842 bits per heavy atom. The topological polar surface area (TPSA) is 87.0 Å². The van der Waals surface area contributed by atoms with Crippen LogP contribution in [0, 0.1) is 6.92 Å².